The normalized spacial score (nSPS) is 18.7. The van der Waals surface area contributed by atoms with E-state index in [9.17, 15) is 9.59 Å². The predicted octanol–water partition coefficient (Wildman–Crippen LogP) is 4.05. The van der Waals surface area contributed by atoms with E-state index in [4.69, 9.17) is 4.74 Å². The van der Waals surface area contributed by atoms with Crippen molar-refractivity contribution in [2.24, 2.45) is 5.92 Å². The lowest BCUT2D eigenvalue weighted by molar-refractivity contribution is -0.00232. The molecule has 3 rings (SSSR count). The summed E-state index contributed by atoms with van der Waals surface area (Å²) in [6.07, 6.45) is 8.25. The van der Waals surface area contributed by atoms with E-state index in [0.29, 0.717) is 42.1 Å². The summed E-state index contributed by atoms with van der Waals surface area (Å²) in [6, 6.07) is 9.98. The molecule has 1 fully saturated rings. The zero-order valence-corrected chi connectivity index (χ0v) is 16.7. The molecule has 0 saturated heterocycles. The van der Waals surface area contributed by atoms with E-state index in [1.165, 1.54) is 19.3 Å². The number of aromatic nitrogens is 1. The van der Waals surface area contributed by atoms with Crippen molar-refractivity contribution in [1.29, 1.82) is 0 Å². The van der Waals surface area contributed by atoms with Gasteiger partial charge in [-0.1, -0.05) is 25.8 Å². The molecule has 1 aromatic carbocycles. The van der Waals surface area contributed by atoms with Gasteiger partial charge in [0.2, 0.25) is 0 Å². The summed E-state index contributed by atoms with van der Waals surface area (Å²) in [7, 11) is 0. The number of anilines is 2. The Morgan fingerprint density at radius 3 is 2.55 bits per heavy atom. The highest BCUT2D eigenvalue weighted by molar-refractivity contribution is 6.04. The van der Waals surface area contributed by atoms with Gasteiger partial charge in [0.15, 0.2) is 0 Å². The Morgan fingerprint density at radius 1 is 1.07 bits per heavy atom. The van der Waals surface area contributed by atoms with Gasteiger partial charge in [0.05, 0.1) is 12.7 Å². The number of hydrogen-bond acceptors (Lipinski definition) is 4. The second-order valence-corrected chi connectivity index (χ2v) is 7.32. The van der Waals surface area contributed by atoms with Crippen LogP contribution in [0.5, 0.6) is 0 Å². The molecule has 1 aliphatic carbocycles. The zero-order valence-electron chi connectivity index (χ0n) is 16.7. The molecule has 0 aliphatic heterocycles. The first-order chi connectivity index (χ1) is 14.1. The number of pyridine rings is 1. The number of ether oxygens (including phenoxy) is 1. The number of urea groups is 1. The fraction of sp³-hybridized carbons (Fsp3) is 0.409. The highest BCUT2D eigenvalue weighted by Crippen LogP contribution is 2.26. The molecule has 0 unspecified atom stereocenters. The van der Waals surface area contributed by atoms with Gasteiger partial charge < -0.3 is 20.7 Å². The van der Waals surface area contributed by atoms with Gasteiger partial charge in [0.25, 0.3) is 5.91 Å². The highest BCUT2D eigenvalue weighted by atomic mass is 16.5. The summed E-state index contributed by atoms with van der Waals surface area (Å²) in [5.74, 6) is 0.353. The Hall–Kier alpha value is -2.93. The zero-order chi connectivity index (χ0) is 20.5. The molecule has 1 aromatic heterocycles. The molecule has 0 radical (unpaired) electrons. The molecule has 3 N–H and O–H groups in total. The standard InChI is InChI=1S/C22H28N4O3/c1-16-5-2-3-8-20(16)29-14-13-24-22(28)26-19-7-4-6-18(15-19)25-21(27)17-9-11-23-12-10-17/h4,6-7,9-12,15-16,20H,2-3,5,8,13-14H2,1H3,(H,25,27)(H2,24,26,28)/t16-,20+/m0/s1. The number of nitrogens with one attached hydrogen (secondary N) is 3. The lowest BCUT2D eigenvalue weighted by Gasteiger charge is -2.28. The number of carbonyl (C=O) groups excluding carboxylic acids is 2. The van der Waals surface area contributed by atoms with Crippen LogP contribution in [0.2, 0.25) is 0 Å². The van der Waals surface area contributed by atoms with E-state index in [2.05, 4.69) is 27.9 Å². The summed E-state index contributed by atoms with van der Waals surface area (Å²) < 4.78 is 5.91. The number of amides is 3. The smallest absolute Gasteiger partial charge is 0.319 e. The van der Waals surface area contributed by atoms with Crippen LogP contribution in [0.25, 0.3) is 0 Å². The van der Waals surface area contributed by atoms with Crippen LogP contribution in [0, 0.1) is 5.92 Å². The summed E-state index contributed by atoms with van der Waals surface area (Å²) in [5, 5.41) is 8.38. The lowest BCUT2D eigenvalue weighted by Crippen LogP contribution is -2.34. The first kappa shape index (κ1) is 20.8. The van der Waals surface area contributed by atoms with Crippen LogP contribution < -0.4 is 16.0 Å². The molecule has 1 heterocycles. The van der Waals surface area contributed by atoms with E-state index >= 15 is 0 Å². The first-order valence-electron chi connectivity index (χ1n) is 10.1. The largest absolute Gasteiger partial charge is 0.376 e. The van der Waals surface area contributed by atoms with Crippen molar-refractivity contribution < 1.29 is 14.3 Å². The van der Waals surface area contributed by atoms with Crippen molar-refractivity contribution in [2.45, 2.75) is 38.7 Å². The molecule has 0 spiro atoms. The third kappa shape index (κ3) is 6.57. The van der Waals surface area contributed by atoms with Crippen molar-refractivity contribution >= 4 is 23.3 Å². The Balaban J connectivity index is 1.42. The van der Waals surface area contributed by atoms with Crippen LogP contribution in [-0.4, -0.2) is 36.2 Å². The molecule has 3 amide bonds. The van der Waals surface area contributed by atoms with E-state index < -0.39 is 0 Å². The fourth-order valence-corrected chi connectivity index (χ4v) is 3.46. The third-order valence-corrected chi connectivity index (χ3v) is 5.07. The maximum Gasteiger partial charge on any atom is 0.319 e. The van der Waals surface area contributed by atoms with Gasteiger partial charge in [-0.15, -0.1) is 0 Å². The van der Waals surface area contributed by atoms with Gasteiger partial charge in [-0.05, 0) is 49.1 Å². The van der Waals surface area contributed by atoms with Gasteiger partial charge >= 0.3 is 6.03 Å². The Bertz CT molecular complexity index is 813. The lowest BCUT2D eigenvalue weighted by atomic mass is 9.88. The van der Waals surface area contributed by atoms with E-state index in [0.717, 1.165) is 6.42 Å². The van der Waals surface area contributed by atoms with Crippen LogP contribution in [0.1, 0.15) is 43.0 Å². The minimum Gasteiger partial charge on any atom is -0.376 e. The minimum atomic E-state index is -0.303. The molecule has 0 bridgehead atoms. The SMILES string of the molecule is C[C@H]1CCCC[C@H]1OCCNC(=O)Nc1cccc(NC(=O)c2ccncc2)c1. The van der Waals surface area contributed by atoms with Gasteiger partial charge in [-0.2, -0.15) is 0 Å². The second kappa shape index (κ2) is 10.6. The molecule has 1 aliphatic rings. The quantitative estimate of drug-likeness (QED) is 0.616. The summed E-state index contributed by atoms with van der Waals surface area (Å²) >= 11 is 0. The number of rotatable bonds is 7. The Morgan fingerprint density at radius 2 is 1.79 bits per heavy atom. The van der Waals surface area contributed by atoms with Gasteiger partial charge in [0, 0.05) is 35.9 Å². The number of nitrogens with zero attached hydrogens (tertiary/aromatic N) is 1. The Labute approximate surface area is 171 Å². The topological polar surface area (TPSA) is 92.4 Å². The molecule has 2 atom stereocenters. The van der Waals surface area contributed by atoms with Crippen molar-refractivity contribution in [1.82, 2.24) is 10.3 Å². The summed E-state index contributed by atoms with van der Waals surface area (Å²) in [5.41, 5.74) is 1.71. The minimum absolute atomic E-state index is 0.233. The Kier molecular flexibility index (Phi) is 7.58. The fourth-order valence-electron chi connectivity index (χ4n) is 3.46. The molecular formula is C22H28N4O3. The third-order valence-electron chi connectivity index (χ3n) is 5.07. The first-order valence-corrected chi connectivity index (χ1v) is 10.1. The van der Waals surface area contributed by atoms with Crippen LogP contribution in [0.15, 0.2) is 48.8 Å². The van der Waals surface area contributed by atoms with Crippen molar-refractivity contribution in [3.05, 3.63) is 54.4 Å². The maximum atomic E-state index is 12.2. The predicted molar refractivity (Wildman–Crippen MR) is 113 cm³/mol. The number of carbonyl (C=O) groups is 2. The highest BCUT2D eigenvalue weighted by Gasteiger charge is 2.21. The van der Waals surface area contributed by atoms with Crippen LogP contribution in [0.4, 0.5) is 16.2 Å². The summed E-state index contributed by atoms with van der Waals surface area (Å²) in [6.45, 7) is 3.18. The van der Waals surface area contributed by atoms with E-state index in [-0.39, 0.29) is 11.9 Å². The number of hydrogen-bond donors (Lipinski definition) is 3. The van der Waals surface area contributed by atoms with Crippen LogP contribution >= 0.6 is 0 Å². The van der Waals surface area contributed by atoms with Crippen LogP contribution in [-0.2, 0) is 4.74 Å². The average molecular weight is 396 g/mol. The number of benzene rings is 1. The molecule has 7 heteroatoms. The molecule has 1 saturated carbocycles. The van der Waals surface area contributed by atoms with Gasteiger partial charge in [0.1, 0.15) is 0 Å². The maximum absolute atomic E-state index is 12.2. The molecular weight excluding hydrogens is 368 g/mol. The molecule has 29 heavy (non-hydrogen) atoms. The van der Waals surface area contributed by atoms with E-state index in [1.807, 2.05) is 0 Å². The van der Waals surface area contributed by atoms with Crippen molar-refractivity contribution in [3.8, 4) is 0 Å². The van der Waals surface area contributed by atoms with Crippen LogP contribution in [0.3, 0.4) is 0 Å². The monoisotopic (exact) mass is 396 g/mol. The summed E-state index contributed by atoms with van der Waals surface area (Å²) in [4.78, 5) is 28.2. The van der Waals surface area contributed by atoms with Crippen molar-refractivity contribution in [2.75, 3.05) is 23.8 Å². The van der Waals surface area contributed by atoms with Gasteiger partial charge in [-0.25, -0.2) is 4.79 Å². The van der Waals surface area contributed by atoms with Crippen molar-refractivity contribution in [3.63, 3.8) is 0 Å². The molecule has 2 aromatic rings. The molecule has 154 valence electrons. The average Bonchev–Trinajstić information content (AvgIpc) is 2.73. The second-order valence-electron chi connectivity index (χ2n) is 7.32. The van der Waals surface area contributed by atoms with E-state index in [1.54, 1.807) is 48.8 Å². The van der Waals surface area contributed by atoms with Gasteiger partial charge in [-0.3, -0.25) is 9.78 Å². The molecule has 7 nitrogen and oxygen atoms in total.